The SMILES string of the molecule is Cc1ccccc1N(c1ccccc1)c1cccc2c1C13c4c(cccc4N(c4ccccc4)c4ccc5c(c4)C(C)(C)c4ccccc4-5)CC1CCC3C2. The van der Waals surface area contributed by atoms with Crippen LogP contribution in [0.15, 0.2) is 164 Å². The second kappa shape index (κ2) is 12.1. The van der Waals surface area contributed by atoms with Crippen molar-refractivity contribution in [3.8, 4) is 11.1 Å². The van der Waals surface area contributed by atoms with Crippen LogP contribution in [0.25, 0.3) is 11.1 Å². The number of anilines is 6. The van der Waals surface area contributed by atoms with Crippen molar-refractivity contribution in [2.45, 2.75) is 57.3 Å². The first kappa shape index (κ1) is 32.6. The van der Waals surface area contributed by atoms with E-state index >= 15 is 0 Å². The highest BCUT2D eigenvalue weighted by Gasteiger charge is 2.62. The van der Waals surface area contributed by atoms with E-state index in [4.69, 9.17) is 0 Å². The summed E-state index contributed by atoms with van der Waals surface area (Å²) in [4.78, 5) is 5.16. The summed E-state index contributed by atoms with van der Waals surface area (Å²) < 4.78 is 0. The number of hydrogen-bond acceptors (Lipinski definition) is 2. The van der Waals surface area contributed by atoms with Crippen molar-refractivity contribution >= 4 is 34.1 Å². The van der Waals surface area contributed by atoms with E-state index in [1.165, 1.54) is 85.9 Å². The predicted molar refractivity (Wildman–Crippen MR) is 229 cm³/mol. The largest absolute Gasteiger partial charge is 0.310 e. The summed E-state index contributed by atoms with van der Waals surface area (Å²) in [5, 5.41) is 0. The molecule has 1 saturated carbocycles. The summed E-state index contributed by atoms with van der Waals surface area (Å²) in [6.45, 7) is 7.04. The van der Waals surface area contributed by atoms with Crippen molar-refractivity contribution in [2.24, 2.45) is 11.8 Å². The summed E-state index contributed by atoms with van der Waals surface area (Å²) in [7, 11) is 0. The normalized spacial score (nSPS) is 20.6. The van der Waals surface area contributed by atoms with Crippen molar-refractivity contribution in [1.29, 1.82) is 0 Å². The maximum atomic E-state index is 2.60. The van der Waals surface area contributed by atoms with Gasteiger partial charge in [0.05, 0.1) is 11.4 Å². The molecule has 0 radical (unpaired) electrons. The molecule has 11 rings (SSSR count). The van der Waals surface area contributed by atoms with E-state index in [2.05, 4.69) is 194 Å². The molecule has 268 valence electrons. The van der Waals surface area contributed by atoms with E-state index in [0.717, 1.165) is 12.8 Å². The van der Waals surface area contributed by atoms with Gasteiger partial charge in [-0.15, -0.1) is 0 Å². The summed E-state index contributed by atoms with van der Waals surface area (Å²) in [5.74, 6) is 1.10. The number of benzene rings is 7. The third-order valence-electron chi connectivity index (χ3n) is 13.9. The maximum Gasteiger partial charge on any atom is 0.0505 e. The lowest BCUT2D eigenvalue weighted by Crippen LogP contribution is -2.34. The van der Waals surface area contributed by atoms with E-state index in [1.807, 2.05) is 0 Å². The standard InChI is InChI=1S/C53H46N2/c1-35-16-10-13-25-47(35)55(41-21-8-5-9-22-41)49-27-15-18-37-33-39-29-28-38-32-36-17-14-26-48(50(36)53(38,39)51(37)49)54(40-19-6-4-7-20-40)42-30-31-44-43-23-11-12-24-45(43)52(2,3)46(44)34-42/h4-27,30-31,34,38-39H,28-29,32-33H2,1-3H3. The molecule has 7 aromatic rings. The summed E-state index contributed by atoms with van der Waals surface area (Å²) in [5.41, 5.74) is 20.3. The first-order valence-corrected chi connectivity index (χ1v) is 20.2. The minimum atomic E-state index is -0.0904. The molecule has 3 atom stereocenters. The monoisotopic (exact) mass is 710 g/mol. The quantitative estimate of drug-likeness (QED) is 0.170. The Morgan fingerprint density at radius 1 is 0.455 bits per heavy atom. The van der Waals surface area contributed by atoms with E-state index in [9.17, 15) is 0 Å². The zero-order valence-electron chi connectivity index (χ0n) is 32.0. The van der Waals surface area contributed by atoms with Gasteiger partial charge in [-0.25, -0.2) is 0 Å². The van der Waals surface area contributed by atoms with Crippen LogP contribution in [-0.4, -0.2) is 0 Å². The van der Waals surface area contributed by atoms with Crippen molar-refractivity contribution in [3.05, 3.63) is 203 Å². The van der Waals surface area contributed by atoms with Crippen LogP contribution in [0.5, 0.6) is 0 Å². The lowest BCUT2D eigenvalue weighted by atomic mass is 9.68. The second-order valence-electron chi connectivity index (χ2n) is 16.9. The fourth-order valence-electron chi connectivity index (χ4n) is 11.7. The Morgan fingerprint density at radius 2 is 0.982 bits per heavy atom. The van der Waals surface area contributed by atoms with Gasteiger partial charge >= 0.3 is 0 Å². The van der Waals surface area contributed by atoms with Gasteiger partial charge in [-0.05, 0) is 149 Å². The Morgan fingerprint density at radius 3 is 1.64 bits per heavy atom. The molecule has 1 spiro atoms. The van der Waals surface area contributed by atoms with Crippen LogP contribution >= 0.6 is 0 Å². The molecule has 0 aromatic heterocycles. The summed E-state index contributed by atoms with van der Waals surface area (Å²) in [6.07, 6.45) is 4.77. The van der Waals surface area contributed by atoms with Crippen LogP contribution in [-0.2, 0) is 23.7 Å². The Bertz CT molecular complexity index is 2610. The van der Waals surface area contributed by atoms with E-state index in [-0.39, 0.29) is 10.8 Å². The van der Waals surface area contributed by atoms with Gasteiger partial charge in [0.1, 0.15) is 0 Å². The minimum Gasteiger partial charge on any atom is -0.310 e. The molecule has 4 aliphatic rings. The Kier molecular flexibility index (Phi) is 7.15. The van der Waals surface area contributed by atoms with Crippen molar-refractivity contribution < 1.29 is 0 Å². The summed E-state index contributed by atoms with van der Waals surface area (Å²) >= 11 is 0. The van der Waals surface area contributed by atoms with E-state index in [0.29, 0.717) is 11.8 Å². The lowest BCUT2D eigenvalue weighted by molar-refractivity contribution is 0.350. The predicted octanol–water partition coefficient (Wildman–Crippen LogP) is 13.7. The van der Waals surface area contributed by atoms with Gasteiger partial charge in [0, 0.05) is 33.6 Å². The minimum absolute atomic E-state index is 0.0843. The molecule has 55 heavy (non-hydrogen) atoms. The molecule has 0 heterocycles. The van der Waals surface area contributed by atoms with Crippen LogP contribution < -0.4 is 9.80 Å². The average molecular weight is 711 g/mol. The molecule has 1 fully saturated rings. The molecule has 0 bridgehead atoms. The fraction of sp³-hybridized carbons (Fsp3) is 0.208. The molecule has 4 aliphatic carbocycles. The molecule has 2 heteroatoms. The topological polar surface area (TPSA) is 6.48 Å². The first-order chi connectivity index (χ1) is 27.0. The van der Waals surface area contributed by atoms with Crippen LogP contribution in [0.1, 0.15) is 65.6 Å². The number of para-hydroxylation sites is 3. The van der Waals surface area contributed by atoms with E-state index in [1.54, 1.807) is 11.1 Å². The first-order valence-electron chi connectivity index (χ1n) is 20.2. The Labute approximate surface area is 325 Å². The average Bonchev–Trinajstić information content (AvgIpc) is 3.91. The molecule has 3 unspecified atom stereocenters. The van der Waals surface area contributed by atoms with Crippen LogP contribution in [0.3, 0.4) is 0 Å². The van der Waals surface area contributed by atoms with Gasteiger partial charge in [0.2, 0.25) is 0 Å². The zero-order chi connectivity index (χ0) is 36.9. The van der Waals surface area contributed by atoms with Gasteiger partial charge in [-0.1, -0.05) is 123 Å². The smallest absolute Gasteiger partial charge is 0.0505 e. The maximum absolute atomic E-state index is 2.60. The fourth-order valence-corrected chi connectivity index (χ4v) is 11.7. The van der Waals surface area contributed by atoms with Gasteiger partial charge in [-0.3, -0.25) is 0 Å². The number of rotatable bonds is 6. The molecule has 2 nitrogen and oxygen atoms in total. The van der Waals surface area contributed by atoms with Crippen molar-refractivity contribution in [2.75, 3.05) is 9.80 Å². The van der Waals surface area contributed by atoms with Gasteiger partial charge in [0.25, 0.3) is 0 Å². The second-order valence-corrected chi connectivity index (χ2v) is 16.9. The van der Waals surface area contributed by atoms with Crippen molar-refractivity contribution in [1.82, 2.24) is 0 Å². The molecule has 0 aliphatic heterocycles. The molecular formula is C53H46N2. The number of aryl methyl sites for hydroxylation is 1. The van der Waals surface area contributed by atoms with Gasteiger partial charge < -0.3 is 9.80 Å². The molecular weight excluding hydrogens is 665 g/mol. The highest BCUT2D eigenvalue weighted by molar-refractivity contribution is 5.89. The van der Waals surface area contributed by atoms with Crippen LogP contribution in [0, 0.1) is 18.8 Å². The van der Waals surface area contributed by atoms with Gasteiger partial charge in [0.15, 0.2) is 0 Å². The van der Waals surface area contributed by atoms with Crippen LogP contribution in [0.4, 0.5) is 34.1 Å². The highest BCUT2D eigenvalue weighted by Crippen LogP contribution is 2.69. The third kappa shape index (κ3) is 4.55. The number of nitrogens with zero attached hydrogens (tertiary/aromatic N) is 2. The Balaban J connectivity index is 1.16. The third-order valence-corrected chi connectivity index (χ3v) is 13.9. The molecule has 0 saturated heterocycles. The lowest BCUT2D eigenvalue weighted by Gasteiger charge is -2.40. The highest BCUT2D eigenvalue weighted by atomic mass is 15.2. The number of hydrogen-bond donors (Lipinski definition) is 0. The zero-order valence-corrected chi connectivity index (χ0v) is 32.0. The molecule has 0 amide bonds. The number of fused-ring (bicyclic) bond motifs is 5. The molecule has 7 aromatic carbocycles. The van der Waals surface area contributed by atoms with Gasteiger partial charge in [-0.2, -0.15) is 0 Å². The Hall–Kier alpha value is -5.86. The van der Waals surface area contributed by atoms with Crippen LogP contribution in [0.2, 0.25) is 0 Å². The van der Waals surface area contributed by atoms with Crippen molar-refractivity contribution in [3.63, 3.8) is 0 Å². The van der Waals surface area contributed by atoms with E-state index < -0.39 is 0 Å². The summed E-state index contributed by atoms with van der Waals surface area (Å²) in [6, 6.07) is 61.7. The molecule has 0 N–H and O–H groups in total.